The normalized spacial score (nSPS) is 22.9. The number of carbonyl (C=O) groups excluding carboxylic acids is 1. The van der Waals surface area contributed by atoms with Gasteiger partial charge in [0.15, 0.2) is 0 Å². The average molecular weight is 381 g/mol. The van der Waals surface area contributed by atoms with Crippen molar-refractivity contribution in [2.75, 3.05) is 0 Å². The van der Waals surface area contributed by atoms with Gasteiger partial charge in [0.05, 0.1) is 0 Å². The maximum atomic E-state index is 13.0. The number of rotatable bonds is 5. The van der Waals surface area contributed by atoms with E-state index >= 15 is 0 Å². The fourth-order valence-electron chi connectivity index (χ4n) is 4.29. The second-order valence-corrected chi connectivity index (χ2v) is 8.47. The highest BCUT2D eigenvalue weighted by Gasteiger charge is 2.41. The summed E-state index contributed by atoms with van der Waals surface area (Å²) in [7, 11) is 0. The molecule has 1 saturated carbocycles. The summed E-state index contributed by atoms with van der Waals surface area (Å²) in [5.74, 6) is 0.190. The van der Waals surface area contributed by atoms with Crippen LogP contribution in [0.4, 0.5) is 4.39 Å². The summed E-state index contributed by atoms with van der Waals surface area (Å²) >= 11 is 0. The minimum Gasteiger partial charge on any atom is -0.459 e. The summed E-state index contributed by atoms with van der Waals surface area (Å²) in [5.41, 5.74) is 1.97. The van der Waals surface area contributed by atoms with Crippen LogP contribution in [0.15, 0.2) is 60.7 Å². The first-order chi connectivity index (χ1) is 13.4. The minimum atomic E-state index is -0.336. The van der Waals surface area contributed by atoms with E-state index in [2.05, 4.69) is 45.0 Å². The first-order valence-corrected chi connectivity index (χ1v) is 10.1. The molecule has 3 atom stereocenters. The molecule has 1 aliphatic rings. The Kier molecular flexibility index (Phi) is 6.33. The van der Waals surface area contributed by atoms with Crippen LogP contribution >= 0.6 is 0 Å². The summed E-state index contributed by atoms with van der Waals surface area (Å²) in [6, 6.07) is 16.5. The Morgan fingerprint density at radius 3 is 2.43 bits per heavy atom. The highest BCUT2D eigenvalue weighted by atomic mass is 19.1. The molecule has 3 rings (SSSR count). The Hall–Kier alpha value is -2.42. The molecule has 0 aliphatic heterocycles. The van der Waals surface area contributed by atoms with E-state index in [4.69, 9.17) is 4.74 Å². The summed E-state index contributed by atoms with van der Waals surface area (Å²) in [4.78, 5) is 12.5. The predicted molar refractivity (Wildman–Crippen MR) is 111 cm³/mol. The molecule has 148 valence electrons. The van der Waals surface area contributed by atoms with Crippen molar-refractivity contribution < 1.29 is 13.9 Å². The molecule has 0 heterocycles. The van der Waals surface area contributed by atoms with Crippen molar-refractivity contribution in [3.8, 4) is 0 Å². The molecule has 0 bridgehead atoms. The molecule has 0 aromatic heterocycles. The van der Waals surface area contributed by atoms with E-state index in [1.165, 1.54) is 23.8 Å². The fraction of sp³-hybridized carbons (Fsp3) is 0.400. The number of halogens is 1. The topological polar surface area (TPSA) is 26.3 Å². The molecule has 2 nitrogen and oxygen atoms in total. The van der Waals surface area contributed by atoms with Crippen molar-refractivity contribution in [3.63, 3.8) is 0 Å². The lowest BCUT2D eigenvalue weighted by atomic mass is 9.64. The molecule has 28 heavy (non-hydrogen) atoms. The number of benzene rings is 2. The molecule has 0 N–H and O–H groups in total. The van der Waals surface area contributed by atoms with Gasteiger partial charge in [-0.3, -0.25) is 0 Å². The zero-order valence-corrected chi connectivity index (χ0v) is 16.9. The molecule has 1 fully saturated rings. The molecule has 0 amide bonds. The molecule has 2 aromatic rings. The molecule has 0 spiro atoms. The summed E-state index contributed by atoms with van der Waals surface area (Å²) in [6.45, 7) is 6.72. The van der Waals surface area contributed by atoms with Crippen LogP contribution in [-0.2, 0) is 14.9 Å². The third-order valence-corrected chi connectivity index (χ3v) is 6.05. The maximum Gasteiger partial charge on any atom is 0.331 e. The lowest BCUT2D eigenvalue weighted by Crippen LogP contribution is -2.43. The Morgan fingerprint density at radius 2 is 1.75 bits per heavy atom. The van der Waals surface area contributed by atoms with Gasteiger partial charge in [-0.05, 0) is 53.5 Å². The van der Waals surface area contributed by atoms with E-state index in [1.54, 1.807) is 18.2 Å². The van der Waals surface area contributed by atoms with Gasteiger partial charge in [0.2, 0.25) is 0 Å². The van der Waals surface area contributed by atoms with Crippen molar-refractivity contribution in [2.45, 2.75) is 51.6 Å². The molecular formula is C25H29FO2. The van der Waals surface area contributed by atoms with Gasteiger partial charge in [-0.15, -0.1) is 0 Å². The Morgan fingerprint density at radius 1 is 1.07 bits per heavy atom. The first-order valence-electron chi connectivity index (χ1n) is 10.1. The van der Waals surface area contributed by atoms with Crippen molar-refractivity contribution in [1.29, 1.82) is 0 Å². The fourth-order valence-corrected chi connectivity index (χ4v) is 4.29. The van der Waals surface area contributed by atoms with Gasteiger partial charge in [0.1, 0.15) is 11.9 Å². The zero-order valence-electron chi connectivity index (χ0n) is 16.9. The Bertz CT molecular complexity index is 808. The van der Waals surface area contributed by atoms with E-state index in [1.807, 2.05) is 6.07 Å². The van der Waals surface area contributed by atoms with Crippen LogP contribution in [0.1, 0.15) is 51.2 Å². The predicted octanol–water partition coefficient (Wildman–Crippen LogP) is 6.16. The number of hydrogen-bond acceptors (Lipinski definition) is 2. The van der Waals surface area contributed by atoms with Crippen molar-refractivity contribution in [3.05, 3.63) is 77.6 Å². The first kappa shape index (κ1) is 20.3. The number of carbonyl (C=O) groups is 1. The molecular weight excluding hydrogens is 351 g/mol. The lowest BCUT2D eigenvalue weighted by Gasteiger charge is -2.43. The van der Waals surface area contributed by atoms with E-state index in [0.717, 1.165) is 24.8 Å². The van der Waals surface area contributed by atoms with E-state index in [0.29, 0.717) is 5.92 Å². The third kappa shape index (κ3) is 4.89. The van der Waals surface area contributed by atoms with E-state index in [9.17, 15) is 9.18 Å². The van der Waals surface area contributed by atoms with Crippen LogP contribution in [-0.4, -0.2) is 12.1 Å². The standard InChI is InChI=1S/C25H29FO2/c1-18-9-15-22(25(2,3)20-7-5-4-6-8-20)23(17-18)28-24(27)16-12-19-10-13-21(26)14-11-19/h4-8,10-14,16,18,22-23H,9,15,17H2,1-3H3/b16-12+/t18-,22-,23-/m1/s1. The molecule has 2 aromatic carbocycles. The largest absolute Gasteiger partial charge is 0.459 e. The summed E-state index contributed by atoms with van der Waals surface area (Å²) in [5, 5.41) is 0. The van der Waals surface area contributed by atoms with Crippen LogP contribution in [0.5, 0.6) is 0 Å². The number of ether oxygens (including phenoxy) is 1. The van der Waals surface area contributed by atoms with Gasteiger partial charge in [0.25, 0.3) is 0 Å². The van der Waals surface area contributed by atoms with E-state index < -0.39 is 0 Å². The maximum absolute atomic E-state index is 13.0. The van der Waals surface area contributed by atoms with E-state index in [-0.39, 0.29) is 29.2 Å². The smallest absolute Gasteiger partial charge is 0.331 e. The van der Waals surface area contributed by atoms with Crippen LogP contribution < -0.4 is 0 Å². The van der Waals surface area contributed by atoms with Gasteiger partial charge in [0, 0.05) is 12.0 Å². The second kappa shape index (κ2) is 8.72. The van der Waals surface area contributed by atoms with Crippen molar-refractivity contribution >= 4 is 12.0 Å². The SMILES string of the molecule is C[C@@H]1CC[C@@H](C(C)(C)c2ccccc2)[C@H](OC(=O)/C=C/c2ccc(F)cc2)C1. The number of esters is 1. The quantitative estimate of drug-likeness (QED) is 0.458. The van der Waals surface area contributed by atoms with Gasteiger partial charge in [-0.1, -0.05) is 69.7 Å². The molecule has 3 heteroatoms. The molecule has 0 unspecified atom stereocenters. The van der Waals surface area contributed by atoms with Crippen molar-refractivity contribution in [2.24, 2.45) is 11.8 Å². The Labute approximate surface area is 167 Å². The minimum absolute atomic E-state index is 0.0764. The molecule has 1 aliphatic carbocycles. The van der Waals surface area contributed by atoms with Gasteiger partial charge in [-0.25, -0.2) is 9.18 Å². The van der Waals surface area contributed by atoms with Gasteiger partial charge < -0.3 is 4.74 Å². The highest BCUT2D eigenvalue weighted by molar-refractivity contribution is 5.87. The van der Waals surface area contributed by atoms with Gasteiger partial charge in [-0.2, -0.15) is 0 Å². The Balaban J connectivity index is 1.73. The zero-order chi connectivity index (χ0) is 20.1. The molecule has 0 radical (unpaired) electrons. The average Bonchev–Trinajstić information content (AvgIpc) is 2.68. The van der Waals surface area contributed by atoms with Crippen LogP contribution in [0, 0.1) is 17.7 Å². The van der Waals surface area contributed by atoms with Crippen molar-refractivity contribution in [1.82, 2.24) is 0 Å². The van der Waals surface area contributed by atoms with Gasteiger partial charge >= 0.3 is 5.97 Å². The summed E-state index contributed by atoms with van der Waals surface area (Å²) < 4.78 is 18.9. The van der Waals surface area contributed by atoms with Crippen LogP contribution in [0.2, 0.25) is 0 Å². The summed E-state index contributed by atoms with van der Waals surface area (Å²) in [6.07, 6.45) is 6.09. The number of hydrogen-bond donors (Lipinski definition) is 0. The molecule has 0 saturated heterocycles. The van der Waals surface area contributed by atoms with Crippen LogP contribution in [0.25, 0.3) is 6.08 Å². The third-order valence-electron chi connectivity index (χ3n) is 6.05. The monoisotopic (exact) mass is 380 g/mol. The van der Waals surface area contributed by atoms with Crippen LogP contribution in [0.3, 0.4) is 0 Å². The lowest BCUT2D eigenvalue weighted by molar-refractivity contribution is -0.150. The second-order valence-electron chi connectivity index (χ2n) is 8.47. The highest BCUT2D eigenvalue weighted by Crippen LogP contribution is 2.43.